The van der Waals surface area contributed by atoms with Crippen molar-refractivity contribution in [2.75, 3.05) is 0 Å². The second-order valence-corrected chi connectivity index (χ2v) is 8.12. The highest BCUT2D eigenvalue weighted by molar-refractivity contribution is 7.86. The summed E-state index contributed by atoms with van der Waals surface area (Å²) in [7, 11) is -4.42. The molecule has 2 aromatic rings. The van der Waals surface area contributed by atoms with E-state index in [0.29, 0.717) is 5.75 Å². The van der Waals surface area contributed by atoms with Crippen molar-refractivity contribution >= 4 is 10.1 Å². The fraction of sp³-hybridized carbons (Fsp3) is 0.429. The molecule has 0 saturated heterocycles. The van der Waals surface area contributed by atoms with Gasteiger partial charge in [0.15, 0.2) is 0 Å². The van der Waals surface area contributed by atoms with Crippen LogP contribution in [0.15, 0.2) is 47.4 Å². The number of rotatable bonds is 11. The highest BCUT2D eigenvalue weighted by Gasteiger charge is 2.18. The molecule has 0 amide bonds. The highest BCUT2D eigenvalue weighted by atomic mass is 32.2. The zero-order chi connectivity index (χ0) is 19.7. The van der Waals surface area contributed by atoms with Gasteiger partial charge in [-0.05, 0) is 42.7 Å². The molecular formula is C21H28O5S. The second-order valence-electron chi connectivity index (χ2n) is 6.73. The van der Waals surface area contributed by atoms with Crippen LogP contribution in [0, 0.1) is 0 Å². The van der Waals surface area contributed by atoms with E-state index >= 15 is 0 Å². The number of aromatic hydroxyl groups is 1. The fourth-order valence-corrected chi connectivity index (χ4v) is 3.62. The van der Waals surface area contributed by atoms with E-state index in [-0.39, 0.29) is 16.4 Å². The molecule has 2 N–H and O–H groups in total. The Morgan fingerprint density at radius 2 is 1.63 bits per heavy atom. The molecule has 2 aromatic carbocycles. The number of phenolic OH excluding ortho intramolecular Hbond substituents is 1. The van der Waals surface area contributed by atoms with E-state index in [1.807, 2.05) is 6.07 Å². The Morgan fingerprint density at radius 3 is 2.30 bits per heavy atom. The number of aryl methyl sites for hydroxylation is 1. The molecule has 6 heteroatoms. The molecule has 0 saturated carbocycles. The monoisotopic (exact) mass is 392 g/mol. The molecule has 27 heavy (non-hydrogen) atoms. The van der Waals surface area contributed by atoms with Crippen LogP contribution < -0.4 is 4.74 Å². The van der Waals surface area contributed by atoms with E-state index < -0.39 is 10.1 Å². The lowest BCUT2D eigenvalue weighted by molar-refractivity contribution is 0.440. The Morgan fingerprint density at radius 1 is 0.926 bits per heavy atom. The molecule has 0 radical (unpaired) electrons. The van der Waals surface area contributed by atoms with E-state index in [2.05, 4.69) is 6.92 Å². The minimum atomic E-state index is -4.42. The number of hydrogen-bond acceptors (Lipinski definition) is 4. The summed E-state index contributed by atoms with van der Waals surface area (Å²) >= 11 is 0. The third-order valence-electron chi connectivity index (χ3n) is 4.40. The van der Waals surface area contributed by atoms with Crippen LogP contribution in [-0.4, -0.2) is 18.1 Å². The van der Waals surface area contributed by atoms with Gasteiger partial charge < -0.3 is 9.84 Å². The van der Waals surface area contributed by atoms with Gasteiger partial charge >= 0.3 is 0 Å². The number of ether oxygens (including phenoxy) is 1. The zero-order valence-corrected chi connectivity index (χ0v) is 16.5. The number of phenols is 1. The van der Waals surface area contributed by atoms with Crippen LogP contribution >= 0.6 is 0 Å². The molecule has 0 aromatic heterocycles. The van der Waals surface area contributed by atoms with Gasteiger partial charge in [0.2, 0.25) is 0 Å². The van der Waals surface area contributed by atoms with Crippen LogP contribution in [0.3, 0.4) is 0 Å². The maximum Gasteiger partial charge on any atom is 0.298 e. The first kappa shape index (κ1) is 21.3. The van der Waals surface area contributed by atoms with Gasteiger partial charge in [-0.2, -0.15) is 8.42 Å². The third kappa shape index (κ3) is 7.23. The second kappa shape index (κ2) is 10.3. The first-order valence-corrected chi connectivity index (χ1v) is 10.9. The van der Waals surface area contributed by atoms with Gasteiger partial charge in [-0.1, -0.05) is 57.6 Å². The lowest BCUT2D eigenvalue weighted by Crippen LogP contribution is -2.02. The van der Waals surface area contributed by atoms with Crippen molar-refractivity contribution in [3.63, 3.8) is 0 Å². The maximum atomic E-state index is 11.8. The van der Waals surface area contributed by atoms with Crippen molar-refractivity contribution in [1.82, 2.24) is 0 Å². The maximum absolute atomic E-state index is 11.8. The smallest absolute Gasteiger partial charge is 0.298 e. The summed E-state index contributed by atoms with van der Waals surface area (Å²) in [5.74, 6) is 0.336. The Labute approximate surface area is 161 Å². The molecule has 0 aliphatic carbocycles. The van der Waals surface area contributed by atoms with Crippen molar-refractivity contribution in [3.05, 3.63) is 48.0 Å². The zero-order valence-electron chi connectivity index (χ0n) is 15.7. The predicted molar refractivity (Wildman–Crippen MR) is 106 cm³/mol. The van der Waals surface area contributed by atoms with Gasteiger partial charge in [0, 0.05) is 6.07 Å². The SMILES string of the molecule is CCCCCCCCCc1ccc(Oc2cccc(O)c2)c(S(=O)(=O)O)c1. The number of unbranched alkanes of at least 4 members (excludes halogenated alkanes) is 6. The Hall–Kier alpha value is -2.05. The van der Waals surface area contributed by atoms with Crippen molar-refractivity contribution in [2.45, 2.75) is 63.2 Å². The van der Waals surface area contributed by atoms with Crippen LogP contribution in [0.25, 0.3) is 0 Å². The average Bonchev–Trinajstić information content (AvgIpc) is 2.61. The van der Waals surface area contributed by atoms with Crippen molar-refractivity contribution in [1.29, 1.82) is 0 Å². The third-order valence-corrected chi connectivity index (χ3v) is 5.28. The first-order valence-electron chi connectivity index (χ1n) is 9.47. The number of hydrogen-bond donors (Lipinski definition) is 2. The molecule has 0 aliphatic heterocycles. The standard InChI is InChI=1S/C21H28O5S/c1-2-3-4-5-6-7-8-10-17-13-14-20(21(15-17)27(23,24)25)26-19-12-9-11-18(22)16-19/h9,11-16,22H,2-8,10H2,1H3,(H,23,24,25). The Bertz CT molecular complexity index is 830. The molecular weight excluding hydrogens is 364 g/mol. The topological polar surface area (TPSA) is 83.8 Å². The Balaban J connectivity index is 2.03. The van der Waals surface area contributed by atoms with Crippen molar-refractivity contribution in [3.8, 4) is 17.2 Å². The summed E-state index contributed by atoms with van der Waals surface area (Å²) in [5.41, 5.74) is 0.847. The van der Waals surface area contributed by atoms with Crippen LogP contribution in [0.2, 0.25) is 0 Å². The van der Waals surface area contributed by atoms with Gasteiger partial charge in [0.25, 0.3) is 10.1 Å². The summed E-state index contributed by atoms with van der Waals surface area (Å²) in [6.07, 6.45) is 9.03. The molecule has 0 spiro atoms. The van der Waals surface area contributed by atoms with Gasteiger partial charge in [-0.15, -0.1) is 0 Å². The molecule has 0 aliphatic rings. The molecule has 0 unspecified atom stereocenters. The van der Waals surface area contributed by atoms with E-state index in [4.69, 9.17) is 4.74 Å². The molecule has 0 fully saturated rings. The van der Waals surface area contributed by atoms with Crippen molar-refractivity contribution < 1.29 is 22.8 Å². The summed E-state index contributed by atoms with van der Waals surface area (Å²) in [6.45, 7) is 2.20. The largest absolute Gasteiger partial charge is 0.508 e. The van der Waals surface area contributed by atoms with E-state index in [1.54, 1.807) is 18.2 Å². The Kier molecular flexibility index (Phi) is 8.13. The van der Waals surface area contributed by atoms with Crippen LogP contribution in [-0.2, 0) is 16.5 Å². The van der Waals surface area contributed by atoms with Crippen LogP contribution in [0.5, 0.6) is 17.2 Å². The van der Waals surface area contributed by atoms with E-state index in [1.165, 1.54) is 50.3 Å². The number of benzene rings is 2. The van der Waals surface area contributed by atoms with Gasteiger partial charge in [0.1, 0.15) is 22.1 Å². The summed E-state index contributed by atoms with van der Waals surface area (Å²) < 4.78 is 38.6. The lowest BCUT2D eigenvalue weighted by Gasteiger charge is -2.11. The quantitative estimate of drug-likeness (QED) is 0.377. The summed E-state index contributed by atoms with van der Waals surface area (Å²) in [6, 6.07) is 10.9. The molecule has 5 nitrogen and oxygen atoms in total. The predicted octanol–water partition coefficient (Wildman–Crippen LogP) is 5.72. The molecule has 148 valence electrons. The normalized spacial score (nSPS) is 11.5. The van der Waals surface area contributed by atoms with Gasteiger partial charge in [-0.3, -0.25) is 4.55 Å². The molecule has 0 bridgehead atoms. The minimum Gasteiger partial charge on any atom is -0.508 e. The highest BCUT2D eigenvalue weighted by Crippen LogP contribution is 2.31. The molecule has 2 rings (SSSR count). The average molecular weight is 393 g/mol. The van der Waals surface area contributed by atoms with E-state index in [9.17, 15) is 18.1 Å². The van der Waals surface area contributed by atoms with Crippen LogP contribution in [0.1, 0.15) is 57.4 Å². The van der Waals surface area contributed by atoms with Gasteiger partial charge in [-0.25, -0.2) is 0 Å². The summed E-state index contributed by atoms with van der Waals surface area (Å²) in [5, 5.41) is 9.51. The van der Waals surface area contributed by atoms with Gasteiger partial charge in [0.05, 0.1) is 0 Å². The van der Waals surface area contributed by atoms with E-state index in [0.717, 1.165) is 24.8 Å². The fourth-order valence-electron chi connectivity index (χ4n) is 2.95. The lowest BCUT2D eigenvalue weighted by atomic mass is 10.0. The molecule has 0 atom stereocenters. The minimum absolute atomic E-state index is 0.0106. The van der Waals surface area contributed by atoms with Crippen LogP contribution in [0.4, 0.5) is 0 Å². The first-order chi connectivity index (χ1) is 12.9. The van der Waals surface area contributed by atoms with Crippen molar-refractivity contribution in [2.24, 2.45) is 0 Å². The molecule has 0 heterocycles. The summed E-state index contributed by atoms with van der Waals surface area (Å²) in [4.78, 5) is -0.258.